The monoisotopic (exact) mass is 395 g/mol. The lowest BCUT2D eigenvalue weighted by atomic mass is 10.1. The quantitative estimate of drug-likeness (QED) is 0.384. The van der Waals surface area contributed by atoms with Crippen molar-refractivity contribution >= 4 is 11.8 Å². The van der Waals surface area contributed by atoms with E-state index in [0.717, 1.165) is 75.9 Å². The van der Waals surface area contributed by atoms with Gasteiger partial charge < -0.3 is 20.3 Å². The Labute approximate surface area is 174 Å². The predicted molar refractivity (Wildman–Crippen MR) is 120 cm³/mol. The first-order valence-corrected chi connectivity index (χ1v) is 10.7. The fourth-order valence-electron chi connectivity index (χ4n) is 3.41. The molecule has 3 rings (SSSR count). The molecule has 6 heteroatoms. The molecular weight excluding hydrogens is 362 g/mol. The van der Waals surface area contributed by atoms with Gasteiger partial charge in [-0.3, -0.25) is 4.99 Å². The number of pyridine rings is 1. The van der Waals surface area contributed by atoms with Crippen LogP contribution in [0.3, 0.4) is 0 Å². The number of nitrogens with zero attached hydrogens (tertiary/aromatic N) is 3. The first-order chi connectivity index (χ1) is 14.3. The number of hydrogen-bond acceptors (Lipinski definition) is 4. The van der Waals surface area contributed by atoms with Crippen molar-refractivity contribution in [1.82, 2.24) is 15.2 Å². The summed E-state index contributed by atoms with van der Waals surface area (Å²) in [5.41, 5.74) is 0. The van der Waals surface area contributed by atoms with Gasteiger partial charge in [0.25, 0.3) is 0 Å². The number of aromatic nitrogens is 1. The van der Waals surface area contributed by atoms with Gasteiger partial charge in [-0.2, -0.15) is 0 Å². The zero-order valence-corrected chi connectivity index (χ0v) is 17.4. The van der Waals surface area contributed by atoms with Crippen LogP contribution in [0, 0.1) is 0 Å². The molecule has 156 valence electrons. The van der Waals surface area contributed by atoms with Gasteiger partial charge in [0.15, 0.2) is 5.96 Å². The molecule has 2 aromatic rings. The number of hydrogen-bond donors (Lipinski definition) is 2. The van der Waals surface area contributed by atoms with Crippen molar-refractivity contribution in [2.75, 3.05) is 38.0 Å². The Morgan fingerprint density at radius 1 is 1.10 bits per heavy atom. The molecule has 1 fully saturated rings. The molecule has 1 aromatic heterocycles. The van der Waals surface area contributed by atoms with Crippen molar-refractivity contribution in [2.45, 2.75) is 38.7 Å². The van der Waals surface area contributed by atoms with E-state index in [0.29, 0.717) is 0 Å². The van der Waals surface area contributed by atoms with Gasteiger partial charge in [0.1, 0.15) is 17.7 Å². The Balaban J connectivity index is 1.37. The Morgan fingerprint density at radius 3 is 2.62 bits per heavy atom. The molecule has 0 unspecified atom stereocenters. The fourth-order valence-corrected chi connectivity index (χ4v) is 3.41. The molecule has 1 aliphatic rings. The molecule has 1 aromatic carbocycles. The molecule has 0 radical (unpaired) electrons. The lowest BCUT2D eigenvalue weighted by Crippen LogP contribution is -2.47. The highest BCUT2D eigenvalue weighted by Gasteiger charge is 2.22. The second kappa shape index (κ2) is 11.9. The molecule has 2 heterocycles. The summed E-state index contributed by atoms with van der Waals surface area (Å²) in [5.74, 6) is 2.93. The number of anilines is 1. The molecule has 0 atom stereocenters. The Kier molecular flexibility index (Phi) is 8.63. The second-order valence-corrected chi connectivity index (χ2v) is 7.20. The van der Waals surface area contributed by atoms with Gasteiger partial charge in [-0.25, -0.2) is 4.98 Å². The molecule has 0 bridgehead atoms. The maximum atomic E-state index is 6.11. The van der Waals surface area contributed by atoms with Crippen LogP contribution < -0.4 is 15.4 Å². The number of ether oxygens (including phenoxy) is 1. The van der Waals surface area contributed by atoms with Gasteiger partial charge in [0.2, 0.25) is 0 Å². The number of para-hydroxylation sites is 1. The average Bonchev–Trinajstić information content (AvgIpc) is 2.77. The van der Waals surface area contributed by atoms with Crippen molar-refractivity contribution < 1.29 is 4.74 Å². The molecular formula is C23H33N5O. The maximum absolute atomic E-state index is 6.11. The maximum Gasteiger partial charge on any atom is 0.193 e. The predicted octanol–water partition coefficient (Wildman–Crippen LogP) is 3.78. The first kappa shape index (κ1) is 21.0. The molecule has 6 nitrogen and oxygen atoms in total. The van der Waals surface area contributed by atoms with Crippen LogP contribution in [0.1, 0.15) is 32.6 Å². The third-order valence-corrected chi connectivity index (χ3v) is 4.94. The van der Waals surface area contributed by atoms with Crippen molar-refractivity contribution in [3.05, 3.63) is 54.7 Å². The number of unbranched alkanes of at least 4 members (excludes halogenated alkanes) is 1. The molecule has 1 aliphatic heterocycles. The van der Waals surface area contributed by atoms with Crippen LogP contribution in [-0.4, -0.2) is 54.7 Å². The highest BCUT2D eigenvalue weighted by molar-refractivity contribution is 5.80. The van der Waals surface area contributed by atoms with Crippen molar-refractivity contribution in [1.29, 1.82) is 0 Å². The lowest BCUT2D eigenvalue weighted by molar-refractivity contribution is 0.129. The summed E-state index contributed by atoms with van der Waals surface area (Å²) in [6.07, 6.45) is 6.27. The molecule has 29 heavy (non-hydrogen) atoms. The van der Waals surface area contributed by atoms with Crippen molar-refractivity contribution in [3.8, 4) is 5.75 Å². The zero-order chi connectivity index (χ0) is 20.2. The molecule has 2 N–H and O–H groups in total. The summed E-state index contributed by atoms with van der Waals surface area (Å²) in [6.45, 7) is 6.73. The largest absolute Gasteiger partial charge is 0.490 e. The van der Waals surface area contributed by atoms with E-state index >= 15 is 0 Å². The summed E-state index contributed by atoms with van der Waals surface area (Å²) >= 11 is 0. The summed E-state index contributed by atoms with van der Waals surface area (Å²) < 4.78 is 6.11. The number of guanidine groups is 1. The van der Waals surface area contributed by atoms with Crippen LogP contribution in [-0.2, 0) is 0 Å². The van der Waals surface area contributed by atoms with Crippen LogP contribution in [0.4, 0.5) is 5.82 Å². The minimum absolute atomic E-state index is 0.286. The number of likely N-dealkylation sites (tertiary alicyclic amines) is 1. The zero-order valence-electron chi connectivity index (χ0n) is 17.4. The molecule has 1 saturated heterocycles. The van der Waals surface area contributed by atoms with E-state index in [1.807, 2.05) is 54.7 Å². The van der Waals surface area contributed by atoms with Crippen LogP contribution in [0.2, 0.25) is 0 Å². The van der Waals surface area contributed by atoms with E-state index in [2.05, 4.69) is 27.4 Å². The summed E-state index contributed by atoms with van der Waals surface area (Å²) in [6, 6.07) is 16.0. The highest BCUT2D eigenvalue weighted by atomic mass is 16.5. The van der Waals surface area contributed by atoms with E-state index in [9.17, 15) is 0 Å². The van der Waals surface area contributed by atoms with Gasteiger partial charge in [0, 0.05) is 51.8 Å². The summed E-state index contributed by atoms with van der Waals surface area (Å²) in [4.78, 5) is 11.5. The number of piperidine rings is 1. The summed E-state index contributed by atoms with van der Waals surface area (Å²) in [5, 5.41) is 6.79. The minimum atomic E-state index is 0.286. The number of nitrogens with one attached hydrogen (secondary N) is 2. The van der Waals surface area contributed by atoms with Crippen LogP contribution in [0.25, 0.3) is 0 Å². The van der Waals surface area contributed by atoms with E-state index in [1.165, 1.54) is 0 Å². The van der Waals surface area contributed by atoms with E-state index in [1.54, 1.807) is 0 Å². The Morgan fingerprint density at radius 2 is 1.90 bits per heavy atom. The highest BCUT2D eigenvalue weighted by Crippen LogP contribution is 2.18. The standard InChI is InChI=1S/C23H33N5O/c1-2-24-23(27-17-9-8-16-26-22-12-6-7-15-25-22)28-18-13-21(14-19-28)29-20-10-4-3-5-11-20/h3-7,10-12,15,21H,2,8-9,13-14,16-19H2,1H3,(H,24,27)(H,25,26). The van der Waals surface area contributed by atoms with Gasteiger partial charge in [-0.1, -0.05) is 24.3 Å². The number of benzene rings is 1. The second-order valence-electron chi connectivity index (χ2n) is 7.20. The van der Waals surface area contributed by atoms with Gasteiger partial charge in [-0.05, 0) is 44.0 Å². The Bertz CT molecular complexity index is 715. The third-order valence-electron chi connectivity index (χ3n) is 4.94. The lowest BCUT2D eigenvalue weighted by Gasteiger charge is -2.34. The minimum Gasteiger partial charge on any atom is -0.490 e. The normalized spacial score (nSPS) is 15.2. The van der Waals surface area contributed by atoms with Crippen LogP contribution >= 0.6 is 0 Å². The third kappa shape index (κ3) is 7.29. The molecule has 0 saturated carbocycles. The van der Waals surface area contributed by atoms with Crippen molar-refractivity contribution in [2.24, 2.45) is 4.99 Å². The van der Waals surface area contributed by atoms with Gasteiger partial charge in [-0.15, -0.1) is 0 Å². The van der Waals surface area contributed by atoms with Gasteiger partial charge in [0.05, 0.1) is 0 Å². The number of rotatable bonds is 9. The smallest absolute Gasteiger partial charge is 0.193 e. The topological polar surface area (TPSA) is 61.8 Å². The van der Waals surface area contributed by atoms with E-state index in [-0.39, 0.29) is 6.10 Å². The SMILES string of the molecule is CCNC(=NCCCCNc1ccccn1)N1CCC(Oc2ccccc2)CC1. The van der Waals surface area contributed by atoms with Crippen molar-refractivity contribution in [3.63, 3.8) is 0 Å². The van der Waals surface area contributed by atoms with E-state index in [4.69, 9.17) is 9.73 Å². The molecule has 0 spiro atoms. The fraction of sp³-hybridized carbons (Fsp3) is 0.478. The van der Waals surface area contributed by atoms with E-state index < -0.39 is 0 Å². The molecule has 0 aliphatic carbocycles. The summed E-state index contributed by atoms with van der Waals surface area (Å²) in [7, 11) is 0. The van der Waals surface area contributed by atoms with Crippen LogP contribution in [0.5, 0.6) is 5.75 Å². The van der Waals surface area contributed by atoms with Crippen LogP contribution in [0.15, 0.2) is 59.7 Å². The number of aliphatic imine (C=N–C) groups is 1. The van der Waals surface area contributed by atoms with Gasteiger partial charge >= 0.3 is 0 Å². The Hall–Kier alpha value is -2.76. The molecule has 0 amide bonds. The first-order valence-electron chi connectivity index (χ1n) is 10.7. The average molecular weight is 396 g/mol.